The van der Waals surface area contributed by atoms with E-state index in [4.69, 9.17) is 9.72 Å². The van der Waals surface area contributed by atoms with E-state index < -0.39 is 0 Å². The summed E-state index contributed by atoms with van der Waals surface area (Å²) >= 11 is 0. The largest absolute Gasteiger partial charge is 0.378 e. The number of pyridine rings is 2. The SMILES string of the molecule is C=C1C(Nc2ccc(N3CCN(C4COC4)C[C@@H]3C)cn2)=CC(c2ccnc(N3CCn4c(cc5c4CC(C)(C)C5)C3=O)c2C=O)=CN1C. The summed E-state index contributed by atoms with van der Waals surface area (Å²) in [6, 6.07) is 8.92. The molecule has 8 rings (SSSR count). The third kappa shape index (κ3) is 5.54. The minimum absolute atomic E-state index is 0.119. The maximum Gasteiger partial charge on any atom is 0.276 e. The molecule has 0 spiro atoms. The molecule has 3 aromatic heterocycles. The molecular weight excluding hydrogens is 616 g/mol. The average molecular weight is 661 g/mol. The van der Waals surface area contributed by atoms with Crippen LogP contribution in [0, 0.1) is 5.41 Å². The average Bonchev–Trinajstić information content (AvgIpc) is 3.55. The Bertz CT molecular complexity index is 1900. The molecule has 0 radical (unpaired) electrons. The van der Waals surface area contributed by atoms with E-state index in [1.54, 1.807) is 11.1 Å². The first-order valence-corrected chi connectivity index (χ1v) is 17.2. The number of piperazine rings is 1. The van der Waals surface area contributed by atoms with Gasteiger partial charge in [0.15, 0.2) is 6.29 Å². The zero-order valence-corrected chi connectivity index (χ0v) is 28.8. The number of nitrogens with one attached hydrogen (secondary N) is 1. The van der Waals surface area contributed by atoms with E-state index in [0.29, 0.717) is 53.6 Å². The van der Waals surface area contributed by atoms with Gasteiger partial charge in [0, 0.05) is 69.5 Å². The summed E-state index contributed by atoms with van der Waals surface area (Å²) in [5.41, 5.74) is 7.92. The summed E-state index contributed by atoms with van der Waals surface area (Å²) in [6.07, 6.45) is 10.3. The standard InChI is InChI=1S/C38H44N8O3/c1-24-19-43(29-22-49-23-29)10-11-44(24)28-6-7-35(40-18-28)41-32-14-27(20-42(5)25(32)2)30-8-9-39-36(31(30)21-47)46-13-12-45-33(37(46)48)15-26-16-38(3,4)17-34(26)45/h6-9,14-15,18,20-21,24,29H,2,10-13,16-17,19,22-23H2,1,3-5H3,(H,40,41)/t24-/m0/s1. The lowest BCUT2D eigenvalue weighted by Gasteiger charge is -2.46. The number of aldehydes is 1. The van der Waals surface area contributed by atoms with Gasteiger partial charge in [-0.2, -0.15) is 0 Å². The van der Waals surface area contributed by atoms with Gasteiger partial charge in [0.25, 0.3) is 5.91 Å². The van der Waals surface area contributed by atoms with Crippen LogP contribution in [0.2, 0.25) is 0 Å². The fourth-order valence-electron chi connectivity index (χ4n) is 8.07. The number of likely N-dealkylation sites (N-methyl/N-ethyl adjacent to an activating group) is 1. The zero-order chi connectivity index (χ0) is 34.0. The molecule has 11 heteroatoms. The predicted molar refractivity (Wildman–Crippen MR) is 191 cm³/mol. The highest BCUT2D eigenvalue weighted by Crippen LogP contribution is 2.40. The number of nitrogens with zero attached hydrogens (tertiary/aromatic N) is 7. The molecule has 2 saturated heterocycles. The molecule has 4 aliphatic heterocycles. The van der Waals surface area contributed by atoms with Crippen molar-refractivity contribution in [3.8, 4) is 0 Å². The third-order valence-electron chi connectivity index (χ3n) is 10.8. The molecule has 5 aliphatic rings. The van der Waals surface area contributed by atoms with Crippen molar-refractivity contribution in [2.75, 3.05) is 61.6 Å². The summed E-state index contributed by atoms with van der Waals surface area (Å²) in [4.78, 5) is 44.5. The number of anilines is 3. The van der Waals surface area contributed by atoms with Gasteiger partial charge in [-0.3, -0.25) is 19.4 Å². The summed E-state index contributed by atoms with van der Waals surface area (Å²) in [6.45, 7) is 16.9. The fourth-order valence-corrected chi connectivity index (χ4v) is 8.07. The van der Waals surface area contributed by atoms with Gasteiger partial charge in [-0.05, 0) is 66.6 Å². The maximum atomic E-state index is 13.9. The molecule has 1 amide bonds. The molecule has 0 unspecified atom stereocenters. The first kappa shape index (κ1) is 31.5. The Morgan fingerprint density at radius 3 is 2.63 bits per heavy atom. The van der Waals surface area contributed by atoms with Crippen LogP contribution < -0.4 is 15.1 Å². The highest BCUT2D eigenvalue weighted by Gasteiger charge is 2.38. The number of hydrogen-bond acceptors (Lipinski definition) is 9. The predicted octanol–water partition coefficient (Wildman–Crippen LogP) is 4.58. The van der Waals surface area contributed by atoms with Crippen molar-refractivity contribution < 1.29 is 14.3 Å². The number of aromatic nitrogens is 3. The van der Waals surface area contributed by atoms with Crippen LogP contribution >= 0.6 is 0 Å². The van der Waals surface area contributed by atoms with Gasteiger partial charge in [-0.15, -0.1) is 0 Å². The van der Waals surface area contributed by atoms with E-state index >= 15 is 0 Å². The molecule has 1 atom stereocenters. The zero-order valence-electron chi connectivity index (χ0n) is 28.8. The molecule has 0 saturated carbocycles. The van der Waals surface area contributed by atoms with Crippen LogP contribution in [0.3, 0.4) is 0 Å². The Labute approximate surface area is 287 Å². The second kappa shape index (κ2) is 12.0. The lowest BCUT2D eigenvalue weighted by Crippen LogP contribution is -2.59. The van der Waals surface area contributed by atoms with Crippen molar-refractivity contribution in [3.63, 3.8) is 0 Å². The smallest absolute Gasteiger partial charge is 0.276 e. The second-order valence-electron chi connectivity index (χ2n) is 14.8. The van der Waals surface area contributed by atoms with E-state index in [0.717, 1.165) is 74.6 Å². The van der Waals surface area contributed by atoms with Crippen LogP contribution in [-0.4, -0.2) is 95.1 Å². The number of fused-ring (bicyclic) bond motifs is 3. The van der Waals surface area contributed by atoms with Gasteiger partial charge in [0.1, 0.15) is 17.3 Å². The van der Waals surface area contributed by atoms with Crippen LogP contribution in [0.5, 0.6) is 0 Å². The van der Waals surface area contributed by atoms with Crippen molar-refractivity contribution in [2.24, 2.45) is 5.41 Å². The molecule has 7 heterocycles. The molecule has 1 N–H and O–H groups in total. The van der Waals surface area contributed by atoms with Gasteiger partial charge in [0.2, 0.25) is 0 Å². The summed E-state index contributed by atoms with van der Waals surface area (Å²) < 4.78 is 7.58. The quantitative estimate of drug-likeness (QED) is 0.365. The molecule has 254 valence electrons. The van der Waals surface area contributed by atoms with Crippen molar-refractivity contribution in [1.82, 2.24) is 24.3 Å². The highest BCUT2D eigenvalue weighted by atomic mass is 16.5. The van der Waals surface area contributed by atoms with Crippen molar-refractivity contribution in [3.05, 3.63) is 95.0 Å². The molecular formula is C38H44N8O3. The van der Waals surface area contributed by atoms with Crippen LogP contribution in [-0.2, 0) is 24.1 Å². The summed E-state index contributed by atoms with van der Waals surface area (Å²) in [5, 5.41) is 3.45. The minimum atomic E-state index is -0.119. The number of amides is 1. The Hall–Kier alpha value is -4.74. The second-order valence-corrected chi connectivity index (χ2v) is 14.8. The summed E-state index contributed by atoms with van der Waals surface area (Å²) in [5.74, 6) is 0.965. The normalized spacial score (nSPS) is 22.4. The van der Waals surface area contributed by atoms with Gasteiger partial charge in [-0.25, -0.2) is 9.97 Å². The first-order valence-electron chi connectivity index (χ1n) is 17.2. The van der Waals surface area contributed by atoms with E-state index in [-0.39, 0.29) is 11.3 Å². The Kier molecular flexibility index (Phi) is 7.72. The topological polar surface area (TPSA) is 99.1 Å². The van der Waals surface area contributed by atoms with Crippen molar-refractivity contribution in [1.29, 1.82) is 0 Å². The van der Waals surface area contributed by atoms with E-state index in [9.17, 15) is 9.59 Å². The molecule has 0 bridgehead atoms. The highest BCUT2D eigenvalue weighted by molar-refractivity contribution is 6.08. The van der Waals surface area contributed by atoms with Crippen LogP contribution in [0.1, 0.15) is 58.4 Å². The maximum absolute atomic E-state index is 13.9. The molecule has 0 aromatic carbocycles. The first-order chi connectivity index (χ1) is 23.6. The Balaban J connectivity index is 1.02. The lowest BCUT2D eigenvalue weighted by molar-refractivity contribution is -0.0691. The third-order valence-corrected chi connectivity index (χ3v) is 10.8. The molecule has 49 heavy (non-hydrogen) atoms. The summed E-state index contributed by atoms with van der Waals surface area (Å²) in [7, 11) is 1.93. The Morgan fingerprint density at radius 1 is 1.08 bits per heavy atom. The van der Waals surface area contributed by atoms with Crippen LogP contribution in [0.25, 0.3) is 5.57 Å². The lowest BCUT2D eigenvalue weighted by atomic mass is 9.90. The number of carbonyl (C=O) groups excluding carboxylic acids is 2. The fraction of sp³-hybridized carbons (Fsp3) is 0.421. The van der Waals surface area contributed by atoms with Gasteiger partial charge in [-0.1, -0.05) is 20.4 Å². The molecule has 1 aliphatic carbocycles. The van der Waals surface area contributed by atoms with Crippen LogP contribution in [0.4, 0.5) is 17.3 Å². The van der Waals surface area contributed by atoms with Crippen molar-refractivity contribution in [2.45, 2.75) is 52.2 Å². The number of ether oxygens (including phenoxy) is 1. The molecule has 11 nitrogen and oxygen atoms in total. The number of hydrogen-bond donors (Lipinski definition) is 1. The Morgan fingerprint density at radius 2 is 1.92 bits per heavy atom. The van der Waals surface area contributed by atoms with Crippen molar-refractivity contribution >= 4 is 35.1 Å². The monoisotopic (exact) mass is 660 g/mol. The number of carbonyl (C=O) groups is 2. The number of allylic oxidation sites excluding steroid dienone is 2. The van der Waals surface area contributed by atoms with Gasteiger partial charge >= 0.3 is 0 Å². The minimum Gasteiger partial charge on any atom is -0.378 e. The number of rotatable bonds is 7. The van der Waals surface area contributed by atoms with E-state index in [2.05, 4.69) is 58.1 Å². The van der Waals surface area contributed by atoms with E-state index in [1.165, 1.54) is 11.3 Å². The van der Waals surface area contributed by atoms with Crippen LogP contribution in [0.15, 0.2) is 66.9 Å². The van der Waals surface area contributed by atoms with E-state index in [1.807, 2.05) is 48.6 Å². The molecule has 3 aromatic rings. The molecule has 2 fully saturated rings. The van der Waals surface area contributed by atoms with Gasteiger partial charge < -0.3 is 24.4 Å². The van der Waals surface area contributed by atoms with Gasteiger partial charge in [0.05, 0.1) is 48.1 Å².